The summed E-state index contributed by atoms with van der Waals surface area (Å²) in [5.41, 5.74) is 10.2. The molecule has 0 atom stereocenters. The molecule has 0 aliphatic rings. The summed E-state index contributed by atoms with van der Waals surface area (Å²) in [5, 5.41) is 12.7. The number of hydrazone groups is 1. The fraction of sp³-hybridized carbons (Fsp3) is 0. The van der Waals surface area contributed by atoms with Crippen LogP contribution >= 0.6 is 0 Å². The maximum absolute atomic E-state index is 7.10. The topological polar surface area (TPSA) is 124 Å². The molecule has 0 bridgehead atoms. The predicted molar refractivity (Wildman–Crippen MR) is 27.6 cm³/mol. The van der Waals surface area contributed by atoms with Gasteiger partial charge in [-0.05, 0) is 0 Å². The maximum atomic E-state index is 7.10. The lowest BCUT2D eigenvalue weighted by Gasteiger charge is -1.58. The first-order valence-corrected chi connectivity index (χ1v) is 1.51. The average molecular weight is 114 g/mol. The van der Waals surface area contributed by atoms with Crippen LogP contribution in [0, 0.1) is 17.0 Å². The predicted octanol–water partition coefficient (Wildman–Crippen LogP) is -0.654. The van der Waals surface area contributed by atoms with Crippen molar-refractivity contribution >= 4 is 6.34 Å². The van der Waals surface area contributed by atoms with Gasteiger partial charge < -0.3 is 11.6 Å². The number of nitrogens with zero attached hydrogens (tertiary/aromatic N) is 3. The molecule has 6 heteroatoms. The van der Waals surface area contributed by atoms with E-state index >= 15 is 0 Å². The molecule has 0 radical (unpaired) electrons. The third-order valence-corrected chi connectivity index (χ3v) is 0.124. The first-order valence-electron chi connectivity index (χ1n) is 1.51. The number of nitrogens with one attached hydrogen (secondary N) is 1. The average Bonchev–Trinajstić information content (AvgIpc) is 1.71. The highest BCUT2D eigenvalue weighted by molar-refractivity contribution is 5.52. The van der Waals surface area contributed by atoms with Crippen LogP contribution in [0.3, 0.4) is 0 Å². The Balaban J connectivity index is 0. The Morgan fingerprint density at radius 1 is 1.75 bits per heavy atom. The Kier molecular flexibility index (Phi) is 22.0. The van der Waals surface area contributed by atoms with Gasteiger partial charge in [0, 0.05) is 0 Å². The highest BCUT2D eigenvalue weighted by Crippen LogP contribution is 1.44. The summed E-state index contributed by atoms with van der Waals surface area (Å²) < 4.78 is 0. The second-order valence-electron chi connectivity index (χ2n) is 0.523. The summed E-state index contributed by atoms with van der Waals surface area (Å²) in [6.45, 7) is 0. The summed E-state index contributed by atoms with van der Waals surface area (Å²) in [4.78, 5) is 0. The van der Waals surface area contributed by atoms with E-state index in [1.807, 2.05) is 0 Å². The van der Waals surface area contributed by atoms with E-state index < -0.39 is 0 Å². The highest BCUT2D eigenvalue weighted by atomic mass is 15.2. The van der Waals surface area contributed by atoms with Gasteiger partial charge in [-0.3, -0.25) is 0 Å². The summed E-state index contributed by atoms with van der Waals surface area (Å²) in [6, 6.07) is 0. The molecule has 0 aromatic rings. The number of hydrogen-bond donors (Lipinski definition) is 3. The Labute approximate surface area is 46.3 Å². The molecule has 44 valence electrons. The zero-order chi connectivity index (χ0) is 6.83. The van der Waals surface area contributed by atoms with E-state index in [-0.39, 0.29) is 0 Å². The summed E-state index contributed by atoms with van der Waals surface area (Å²) in [7, 11) is 0. The zero-order valence-electron chi connectivity index (χ0n) is 4.07. The van der Waals surface area contributed by atoms with Crippen LogP contribution in [0.2, 0.25) is 0 Å². The fourth-order valence-corrected chi connectivity index (χ4v) is 0.0333. The molecule has 0 rings (SSSR count). The Morgan fingerprint density at radius 2 is 2.12 bits per heavy atom. The molecule has 0 aliphatic carbocycles. The number of nitriles is 1. The number of nitrogens with two attached hydrogens (primary N) is 2. The van der Waals surface area contributed by atoms with Crippen molar-refractivity contribution in [2.24, 2.45) is 21.8 Å². The molecule has 0 amide bonds. The largest absolute Gasteiger partial charge is 0.337 e. The van der Waals surface area contributed by atoms with Gasteiger partial charge in [-0.2, -0.15) is 10.4 Å². The molecule has 5 N–H and O–H groups in total. The molecular weight excluding hydrogens is 108 g/mol. The fourth-order valence-electron chi connectivity index (χ4n) is 0.0333. The molecule has 0 aliphatic heterocycles. The summed E-state index contributed by atoms with van der Waals surface area (Å²) in [6.07, 6.45) is 2.19. The first kappa shape index (κ1) is 9.61. The van der Waals surface area contributed by atoms with Gasteiger partial charge in [0.15, 0.2) is 12.5 Å². The van der Waals surface area contributed by atoms with E-state index in [0.717, 1.165) is 6.34 Å². The van der Waals surface area contributed by atoms with Crippen LogP contribution in [-0.4, -0.2) is 6.34 Å². The lowest BCUT2D eigenvalue weighted by atomic mass is 11.4. The van der Waals surface area contributed by atoms with Gasteiger partial charge in [0.1, 0.15) is 0 Å². The van der Waals surface area contributed by atoms with E-state index in [0.29, 0.717) is 0 Å². The minimum Gasteiger partial charge on any atom is -0.337 e. The van der Waals surface area contributed by atoms with Crippen LogP contribution in [0.1, 0.15) is 0 Å². The maximum Gasteiger partial charge on any atom is 0.173 e. The second-order valence-corrected chi connectivity index (χ2v) is 0.523. The van der Waals surface area contributed by atoms with E-state index in [4.69, 9.17) is 10.8 Å². The molecule has 0 heterocycles. The van der Waals surface area contributed by atoms with Crippen LogP contribution in [-0.2, 0) is 0 Å². The lowest BCUT2D eigenvalue weighted by molar-refractivity contribution is 1.17. The summed E-state index contributed by atoms with van der Waals surface area (Å²) in [5.74, 6) is 4.49. The van der Waals surface area contributed by atoms with Crippen molar-refractivity contribution in [1.82, 2.24) is 0 Å². The molecular formula is C2H6N6. The second kappa shape index (κ2) is 18.3. The van der Waals surface area contributed by atoms with Gasteiger partial charge >= 0.3 is 0 Å². The molecule has 0 saturated carbocycles. The van der Waals surface area contributed by atoms with Crippen molar-refractivity contribution < 1.29 is 0 Å². The van der Waals surface area contributed by atoms with Crippen LogP contribution in [0.5, 0.6) is 0 Å². The molecule has 0 spiro atoms. The van der Waals surface area contributed by atoms with Gasteiger partial charge in [0.25, 0.3) is 0 Å². The van der Waals surface area contributed by atoms with E-state index in [1.165, 1.54) is 6.19 Å². The summed E-state index contributed by atoms with van der Waals surface area (Å²) >= 11 is 0. The number of rotatable bonds is 1. The molecule has 8 heavy (non-hydrogen) atoms. The van der Waals surface area contributed by atoms with Gasteiger partial charge in [-0.15, -0.1) is 5.11 Å². The van der Waals surface area contributed by atoms with Crippen LogP contribution in [0.4, 0.5) is 0 Å². The monoisotopic (exact) mass is 114 g/mol. The molecule has 0 fully saturated rings. The van der Waals surface area contributed by atoms with Crippen LogP contribution < -0.4 is 11.6 Å². The molecule has 0 saturated heterocycles. The van der Waals surface area contributed by atoms with E-state index in [1.54, 1.807) is 0 Å². The van der Waals surface area contributed by atoms with Gasteiger partial charge in [-0.1, -0.05) is 0 Å². The first-order chi connectivity index (χ1) is 3.83. The lowest BCUT2D eigenvalue weighted by Crippen LogP contribution is -1.75. The van der Waals surface area contributed by atoms with Gasteiger partial charge in [-0.25, -0.2) is 5.53 Å². The third kappa shape index (κ3) is 380. The van der Waals surface area contributed by atoms with Crippen molar-refractivity contribution in [1.29, 1.82) is 10.8 Å². The van der Waals surface area contributed by atoms with E-state index in [9.17, 15) is 0 Å². The minimum absolute atomic E-state index is 0.944. The molecule has 0 aromatic heterocycles. The minimum atomic E-state index is 0.944. The van der Waals surface area contributed by atoms with Gasteiger partial charge in [0.05, 0.1) is 0 Å². The van der Waals surface area contributed by atoms with Crippen molar-refractivity contribution in [3.05, 3.63) is 0 Å². The quantitative estimate of drug-likeness (QED) is 0.0797. The van der Waals surface area contributed by atoms with Crippen molar-refractivity contribution in [2.45, 2.75) is 0 Å². The molecule has 6 nitrogen and oxygen atoms in total. The smallest absolute Gasteiger partial charge is 0.173 e. The standard InChI is InChI=1S/CH4N4.CH2N2/c2-4-1-5-3;2-1-3/h1-2H,3H2;2H2. The van der Waals surface area contributed by atoms with E-state index in [2.05, 4.69) is 21.8 Å². The van der Waals surface area contributed by atoms with Crippen molar-refractivity contribution in [2.75, 3.05) is 0 Å². The van der Waals surface area contributed by atoms with Crippen LogP contribution in [0.15, 0.2) is 10.2 Å². The highest BCUT2D eigenvalue weighted by Gasteiger charge is 1.43. The van der Waals surface area contributed by atoms with Crippen LogP contribution in [0.25, 0.3) is 0 Å². The number of hydrogen-bond acceptors (Lipinski definition) is 5. The molecule has 0 aromatic carbocycles. The molecule has 0 unspecified atom stereocenters. The Bertz CT molecular complexity index is 97.6. The van der Waals surface area contributed by atoms with Crippen molar-refractivity contribution in [3.63, 3.8) is 0 Å². The Hall–Kier alpha value is -1.64. The third-order valence-electron chi connectivity index (χ3n) is 0.124. The van der Waals surface area contributed by atoms with Gasteiger partial charge in [0.2, 0.25) is 0 Å². The SMILES string of the molecule is N#CN.N=NC=NN. The van der Waals surface area contributed by atoms with Crippen molar-refractivity contribution in [3.8, 4) is 6.19 Å². The zero-order valence-corrected chi connectivity index (χ0v) is 4.07. The normalized spacial score (nSPS) is 6.38. The Morgan fingerprint density at radius 3 is 2.12 bits per heavy atom.